The van der Waals surface area contributed by atoms with Crippen LogP contribution in [0.1, 0.15) is 12.5 Å². The van der Waals surface area contributed by atoms with Crippen molar-refractivity contribution >= 4 is 27.5 Å². The van der Waals surface area contributed by atoms with Crippen molar-refractivity contribution in [3.8, 4) is 11.1 Å². The van der Waals surface area contributed by atoms with E-state index in [9.17, 15) is 0 Å². The van der Waals surface area contributed by atoms with Crippen LogP contribution in [0.15, 0.2) is 46.9 Å². The van der Waals surface area contributed by atoms with Gasteiger partial charge in [0.05, 0.1) is 0 Å². The van der Waals surface area contributed by atoms with Crippen LogP contribution in [0.25, 0.3) is 11.1 Å². The average molecular weight is 296 g/mol. The van der Waals surface area contributed by atoms with Crippen LogP contribution in [0.3, 0.4) is 0 Å². The van der Waals surface area contributed by atoms with Gasteiger partial charge in [-0.3, -0.25) is 0 Å². The van der Waals surface area contributed by atoms with Crippen molar-refractivity contribution in [3.63, 3.8) is 0 Å². The average Bonchev–Trinajstić information content (AvgIpc) is 2.31. The van der Waals surface area contributed by atoms with Gasteiger partial charge in [-0.25, -0.2) is 0 Å². The van der Waals surface area contributed by atoms with E-state index >= 15 is 0 Å². The lowest BCUT2D eigenvalue weighted by molar-refractivity contribution is 1.13. The summed E-state index contributed by atoms with van der Waals surface area (Å²) < 4.78 is 1.14. The maximum Gasteiger partial charge on any atom is 0.0484 e. The summed E-state index contributed by atoms with van der Waals surface area (Å²) in [6.45, 7) is 2.15. The zero-order chi connectivity index (χ0) is 11.5. The van der Waals surface area contributed by atoms with Gasteiger partial charge in [0.2, 0.25) is 0 Å². The molecule has 0 N–H and O–H groups in total. The second kappa shape index (κ2) is 5.03. The van der Waals surface area contributed by atoms with Gasteiger partial charge in [-0.05, 0) is 39.5 Å². The van der Waals surface area contributed by atoms with Crippen molar-refractivity contribution in [1.82, 2.24) is 0 Å². The first-order valence-electron chi connectivity index (χ1n) is 5.26. The van der Waals surface area contributed by atoms with Crippen LogP contribution < -0.4 is 0 Å². The van der Waals surface area contributed by atoms with Crippen LogP contribution in [0.5, 0.6) is 0 Å². The molecule has 0 spiro atoms. The molecule has 2 heteroatoms. The van der Waals surface area contributed by atoms with Crippen molar-refractivity contribution in [1.29, 1.82) is 0 Å². The van der Waals surface area contributed by atoms with E-state index in [2.05, 4.69) is 41.1 Å². The molecule has 16 heavy (non-hydrogen) atoms. The van der Waals surface area contributed by atoms with Gasteiger partial charge in [-0.1, -0.05) is 54.9 Å². The normalized spacial score (nSPS) is 10.4. The Bertz CT molecular complexity index is 506. The number of halogens is 2. The lowest BCUT2D eigenvalue weighted by Gasteiger charge is -2.10. The highest BCUT2D eigenvalue weighted by Gasteiger charge is 2.08. The van der Waals surface area contributed by atoms with Crippen molar-refractivity contribution in [2.24, 2.45) is 0 Å². The third-order valence-electron chi connectivity index (χ3n) is 2.62. The summed E-state index contributed by atoms with van der Waals surface area (Å²) in [5.41, 5.74) is 3.54. The van der Waals surface area contributed by atoms with E-state index in [-0.39, 0.29) is 0 Å². The Morgan fingerprint density at radius 3 is 2.38 bits per heavy atom. The lowest BCUT2D eigenvalue weighted by atomic mass is 10.0. The van der Waals surface area contributed by atoms with E-state index in [1.165, 1.54) is 5.56 Å². The summed E-state index contributed by atoms with van der Waals surface area (Å²) in [5.74, 6) is 0. The van der Waals surface area contributed by atoms with E-state index in [0.717, 1.165) is 27.0 Å². The highest BCUT2D eigenvalue weighted by molar-refractivity contribution is 9.10. The maximum atomic E-state index is 6.21. The fraction of sp³-hybridized carbons (Fsp3) is 0.143. The van der Waals surface area contributed by atoms with Crippen LogP contribution in [-0.2, 0) is 6.42 Å². The molecule has 0 aliphatic rings. The van der Waals surface area contributed by atoms with E-state index < -0.39 is 0 Å². The van der Waals surface area contributed by atoms with E-state index in [1.807, 2.05) is 24.3 Å². The fourth-order valence-corrected chi connectivity index (χ4v) is 2.74. The minimum Gasteiger partial charge on any atom is -0.0837 e. The minimum atomic E-state index is 0.788. The summed E-state index contributed by atoms with van der Waals surface area (Å²) in [4.78, 5) is 0. The molecule has 2 rings (SSSR count). The van der Waals surface area contributed by atoms with Crippen molar-refractivity contribution in [2.45, 2.75) is 13.3 Å². The molecule has 0 amide bonds. The summed E-state index contributed by atoms with van der Waals surface area (Å²) >= 11 is 9.86. The van der Waals surface area contributed by atoms with Gasteiger partial charge in [0.1, 0.15) is 0 Å². The van der Waals surface area contributed by atoms with Gasteiger partial charge in [-0.2, -0.15) is 0 Å². The smallest absolute Gasteiger partial charge is 0.0484 e. The van der Waals surface area contributed by atoms with Crippen LogP contribution in [0.2, 0.25) is 5.02 Å². The molecule has 0 bridgehead atoms. The Morgan fingerprint density at radius 2 is 1.69 bits per heavy atom. The number of hydrogen-bond acceptors (Lipinski definition) is 0. The Labute approximate surface area is 109 Å². The standard InChI is InChI=1S/C14H12BrCl/c1-2-10-6-5-8-12(14(10)15)11-7-3-4-9-13(11)16/h3-9H,2H2,1H3. The van der Waals surface area contributed by atoms with Gasteiger partial charge in [0.25, 0.3) is 0 Å². The lowest BCUT2D eigenvalue weighted by Crippen LogP contribution is -1.87. The minimum absolute atomic E-state index is 0.788. The Hall–Kier alpha value is -0.790. The third kappa shape index (κ3) is 2.16. The molecular formula is C14H12BrCl. The van der Waals surface area contributed by atoms with Gasteiger partial charge in [0, 0.05) is 15.1 Å². The molecule has 0 saturated carbocycles. The topological polar surface area (TPSA) is 0 Å². The molecule has 0 aliphatic carbocycles. The first kappa shape index (κ1) is 11.7. The molecule has 0 heterocycles. The van der Waals surface area contributed by atoms with Gasteiger partial charge in [0.15, 0.2) is 0 Å². The molecule has 0 aromatic heterocycles. The summed E-state index contributed by atoms with van der Waals surface area (Å²) in [6.07, 6.45) is 1.01. The Morgan fingerprint density at radius 1 is 1.00 bits per heavy atom. The monoisotopic (exact) mass is 294 g/mol. The number of aryl methyl sites for hydroxylation is 1. The molecule has 0 radical (unpaired) electrons. The molecule has 0 fully saturated rings. The van der Waals surface area contributed by atoms with Crippen LogP contribution in [0, 0.1) is 0 Å². The van der Waals surface area contributed by atoms with Gasteiger partial charge < -0.3 is 0 Å². The predicted octanol–water partition coefficient (Wildman–Crippen LogP) is 5.33. The first-order chi connectivity index (χ1) is 7.74. The molecule has 2 aromatic carbocycles. The second-order valence-electron chi connectivity index (χ2n) is 3.61. The molecule has 0 nitrogen and oxygen atoms in total. The summed E-state index contributed by atoms with van der Waals surface area (Å²) in [5, 5.41) is 0.788. The van der Waals surface area contributed by atoms with Crippen LogP contribution in [-0.4, -0.2) is 0 Å². The Balaban J connectivity index is 2.61. The van der Waals surface area contributed by atoms with Crippen LogP contribution >= 0.6 is 27.5 Å². The number of rotatable bonds is 2. The largest absolute Gasteiger partial charge is 0.0837 e. The molecular weight excluding hydrogens is 284 g/mol. The molecule has 2 aromatic rings. The van der Waals surface area contributed by atoms with E-state index in [4.69, 9.17) is 11.6 Å². The van der Waals surface area contributed by atoms with Crippen molar-refractivity contribution in [2.75, 3.05) is 0 Å². The predicted molar refractivity (Wildman–Crippen MR) is 74.0 cm³/mol. The Kier molecular flexibility index (Phi) is 3.67. The number of hydrogen-bond donors (Lipinski definition) is 0. The third-order valence-corrected chi connectivity index (χ3v) is 3.89. The highest BCUT2D eigenvalue weighted by Crippen LogP contribution is 2.35. The second-order valence-corrected chi connectivity index (χ2v) is 4.81. The van der Waals surface area contributed by atoms with E-state index in [0.29, 0.717) is 0 Å². The molecule has 0 saturated heterocycles. The van der Waals surface area contributed by atoms with Crippen LogP contribution in [0.4, 0.5) is 0 Å². The van der Waals surface area contributed by atoms with Gasteiger partial charge in [-0.15, -0.1) is 0 Å². The maximum absolute atomic E-state index is 6.21. The summed E-state index contributed by atoms with van der Waals surface area (Å²) in [6, 6.07) is 14.2. The first-order valence-corrected chi connectivity index (χ1v) is 6.43. The molecule has 0 atom stereocenters. The fourth-order valence-electron chi connectivity index (χ4n) is 1.74. The quantitative estimate of drug-likeness (QED) is 0.702. The van der Waals surface area contributed by atoms with Gasteiger partial charge >= 0.3 is 0 Å². The molecule has 0 aliphatic heterocycles. The molecule has 82 valence electrons. The molecule has 0 unspecified atom stereocenters. The van der Waals surface area contributed by atoms with Crippen molar-refractivity contribution < 1.29 is 0 Å². The highest BCUT2D eigenvalue weighted by atomic mass is 79.9. The summed E-state index contributed by atoms with van der Waals surface area (Å²) in [7, 11) is 0. The van der Waals surface area contributed by atoms with Crippen molar-refractivity contribution in [3.05, 3.63) is 57.5 Å². The number of benzene rings is 2. The SMILES string of the molecule is CCc1cccc(-c2ccccc2Cl)c1Br. The zero-order valence-corrected chi connectivity index (χ0v) is 11.3. The van der Waals surface area contributed by atoms with E-state index in [1.54, 1.807) is 0 Å². The zero-order valence-electron chi connectivity index (χ0n) is 9.00.